The maximum atomic E-state index is 11.3. The fourth-order valence-electron chi connectivity index (χ4n) is 1.14. The predicted molar refractivity (Wildman–Crippen MR) is 60.0 cm³/mol. The number of ether oxygens (including phenoxy) is 1. The van der Waals surface area contributed by atoms with Crippen LogP contribution in [0.5, 0.6) is 11.5 Å². The minimum absolute atomic E-state index is 0.170. The molecule has 0 saturated carbocycles. The molecule has 1 aromatic carbocycles. The number of carbonyl (C=O) groups excluding carboxylic acids is 1. The summed E-state index contributed by atoms with van der Waals surface area (Å²) >= 11 is 0. The molecule has 0 unspecified atom stereocenters. The van der Waals surface area contributed by atoms with Crippen LogP contribution < -0.4 is 0 Å². The summed E-state index contributed by atoms with van der Waals surface area (Å²) in [5.41, 5.74) is 0.252. The minimum atomic E-state index is -0.720. The lowest BCUT2D eigenvalue weighted by molar-refractivity contribution is -0.137. The minimum Gasteiger partial charge on any atom is -0.504 e. The third-order valence-electron chi connectivity index (χ3n) is 1.93. The van der Waals surface area contributed by atoms with E-state index in [-0.39, 0.29) is 23.7 Å². The van der Waals surface area contributed by atoms with Crippen LogP contribution in [0.15, 0.2) is 23.8 Å². The van der Waals surface area contributed by atoms with Crippen molar-refractivity contribution in [3.63, 3.8) is 0 Å². The molecule has 0 amide bonds. The van der Waals surface area contributed by atoms with Gasteiger partial charge in [0.05, 0.1) is 6.61 Å². The maximum absolute atomic E-state index is 11.3. The lowest BCUT2D eigenvalue weighted by Gasteiger charge is -2.01. The number of nitrogens with zero attached hydrogens (tertiary/aromatic N) is 1. The van der Waals surface area contributed by atoms with Gasteiger partial charge in [-0.2, -0.15) is 5.26 Å². The van der Waals surface area contributed by atoms with Crippen LogP contribution in [-0.2, 0) is 9.53 Å². The molecule has 5 nitrogen and oxygen atoms in total. The van der Waals surface area contributed by atoms with E-state index in [9.17, 15) is 9.90 Å². The predicted octanol–water partition coefficient (Wildman–Crippen LogP) is 1.57. The van der Waals surface area contributed by atoms with Gasteiger partial charge in [0.2, 0.25) is 0 Å². The number of nitriles is 1. The molecule has 0 saturated heterocycles. The van der Waals surface area contributed by atoms with Gasteiger partial charge in [-0.1, -0.05) is 6.07 Å². The molecule has 0 aromatic heterocycles. The van der Waals surface area contributed by atoms with E-state index in [1.54, 1.807) is 13.0 Å². The molecule has 1 aromatic rings. The Kier molecular flexibility index (Phi) is 4.12. The molecule has 88 valence electrons. The molecule has 17 heavy (non-hydrogen) atoms. The van der Waals surface area contributed by atoms with Gasteiger partial charge in [-0.05, 0) is 30.7 Å². The summed E-state index contributed by atoms with van der Waals surface area (Å²) in [5, 5.41) is 27.1. The molecule has 0 aliphatic carbocycles. The number of benzene rings is 1. The van der Waals surface area contributed by atoms with Gasteiger partial charge in [0, 0.05) is 0 Å². The van der Waals surface area contributed by atoms with Crippen LogP contribution in [0.25, 0.3) is 6.08 Å². The SMILES string of the molecule is CCOC(=O)/C(C#N)=C/c1ccc(O)c(O)c1. The van der Waals surface area contributed by atoms with Gasteiger partial charge in [-0.15, -0.1) is 0 Å². The molecule has 0 bridgehead atoms. The molecule has 0 heterocycles. The topological polar surface area (TPSA) is 90.6 Å². The Bertz CT molecular complexity index is 500. The van der Waals surface area contributed by atoms with Crippen LogP contribution in [-0.4, -0.2) is 22.8 Å². The van der Waals surface area contributed by atoms with E-state index in [2.05, 4.69) is 4.74 Å². The maximum Gasteiger partial charge on any atom is 0.348 e. The third-order valence-corrected chi connectivity index (χ3v) is 1.93. The average molecular weight is 233 g/mol. The summed E-state index contributed by atoms with van der Waals surface area (Å²) < 4.78 is 4.68. The van der Waals surface area contributed by atoms with Crippen molar-refractivity contribution in [3.8, 4) is 17.6 Å². The zero-order valence-corrected chi connectivity index (χ0v) is 9.17. The van der Waals surface area contributed by atoms with Crippen molar-refractivity contribution >= 4 is 12.0 Å². The highest BCUT2D eigenvalue weighted by Crippen LogP contribution is 2.25. The number of phenols is 2. The molecule has 1 rings (SSSR count). The summed E-state index contributed by atoms with van der Waals surface area (Å²) in [4.78, 5) is 11.3. The van der Waals surface area contributed by atoms with Gasteiger partial charge in [0.15, 0.2) is 11.5 Å². The first kappa shape index (κ1) is 12.6. The van der Waals surface area contributed by atoms with E-state index in [1.165, 1.54) is 24.3 Å². The molecule has 0 spiro atoms. The number of rotatable bonds is 3. The first-order valence-electron chi connectivity index (χ1n) is 4.89. The number of hydrogen-bond donors (Lipinski definition) is 2. The molecule has 0 aliphatic heterocycles. The largest absolute Gasteiger partial charge is 0.504 e. The van der Waals surface area contributed by atoms with Crippen molar-refractivity contribution in [2.75, 3.05) is 6.61 Å². The number of phenolic OH excluding ortho intramolecular Hbond substituents is 2. The van der Waals surface area contributed by atoms with E-state index in [4.69, 9.17) is 10.4 Å². The third kappa shape index (κ3) is 3.24. The van der Waals surface area contributed by atoms with Crippen LogP contribution in [0.3, 0.4) is 0 Å². The van der Waals surface area contributed by atoms with Gasteiger partial charge in [-0.25, -0.2) is 4.79 Å². The zero-order chi connectivity index (χ0) is 12.8. The Morgan fingerprint density at radius 3 is 2.71 bits per heavy atom. The lowest BCUT2D eigenvalue weighted by atomic mass is 10.1. The van der Waals surface area contributed by atoms with Gasteiger partial charge < -0.3 is 14.9 Å². The van der Waals surface area contributed by atoms with Crippen molar-refractivity contribution in [3.05, 3.63) is 29.3 Å². The first-order valence-corrected chi connectivity index (χ1v) is 4.89. The van der Waals surface area contributed by atoms with Crippen LogP contribution in [0.1, 0.15) is 12.5 Å². The normalized spacial score (nSPS) is 10.7. The van der Waals surface area contributed by atoms with Crippen molar-refractivity contribution < 1.29 is 19.7 Å². The van der Waals surface area contributed by atoms with E-state index >= 15 is 0 Å². The Hall–Kier alpha value is -2.48. The fraction of sp³-hybridized carbons (Fsp3) is 0.167. The highest BCUT2D eigenvalue weighted by Gasteiger charge is 2.10. The lowest BCUT2D eigenvalue weighted by Crippen LogP contribution is -2.05. The van der Waals surface area contributed by atoms with Crippen LogP contribution in [0, 0.1) is 11.3 Å². The quantitative estimate of drug-likeness (QED) is 0.358. The smallest absolute Gasteiger partial charge is 0.348 e. The van der Waals surface area contributed by atoms with E-state index < -0.39 is 5.97 Å². The Morgan fingerprint density at radius 1 is 1.47 bits per heavy atom. The van der Waals surface area contributed by atoms with Crippen LogP contribution in [0.4, 0.5) is 0 Å². The summed E-state index contributed by atoms with van der Waals surface area (Å²) in [6.45, 7) is 1.82. The molecule has 5 heteroatoms. The zero-order valence-electron chi connectivity index (χ0n) is 9.17. The summed E-state index contributed by atoms with van der Waals surface area (Å²) in [6, 6.07) is 5.68. The molecule has 0 fully saturated rings. The summed E-state index contributed by atoms with van der Waals surface area (Å²) in [6.07, 6.45) is 1.27. The van der Waals surface area contributed by atoms with Crippen molar-refractivity contribution in [2.45, 2.75) is 6.92 Å². The summed E-state index contributed by atoms with van der Waals surface area (Å²) in [7, 11) is 0. The molecule has 0 aliphatic rings. The van der Waals surface area contributed by atoms with Crippen molar-refractivity contribution in [1.82, 2.24) is 0 Å². The Morgan fingerprint density at radius 2 is 2.18 bits per heavy atom. The van der Waals surface area contributed by atoms with Crippen LogP contribution >= 0.6 is 0 Å². The molecule has 0 radical (unpaired) electrons. The second-order valence-electron chi connectivity index (χ2n) is 3.14. The number of hydrogen-bond acceptors (Lipinski definition) is 5. The van der Waals surface area contributed by atoms with Gasteiger partial charge in [0.25, 0.3) is 0 Å². The second-order valence-corrected chi connectivity index (χ2v) is 3.14. The molecular formula is C12H11NO4. The fourth-order valence-corrected chi connectivity index (χ4v) is 1.14. The van der Waals surface area contributed by atoms with Gasteiger partial charge in [-0.3, -0.25) is 0 Å². The Balaban J connectivity index is 3.03. The Labute approximate surface area is 98.2 Å². The number of carbonyl (C=O) groups is 1. The van der Waals surface area contributed by atoms with E-state index in [0.29, 0.717) is 5.56 Å². The number of esters is 1. The second kappa shape index (κ2) is 5.56. The average Bonchev–Trinajstić information content (AvgIpc) is 2.30. The summed E-state index contributed by atoms with van der Waals surface area (Å²) in [5.74, 6) is -1.31. The van der Waals surface area contributed by atoms with Crippen LogP contribution in [0.2, 0.25) is 0 Å². The van der Waals surface area contributed by atoms with Crippen molar-refractivity contribution in [2.24, 2.45) is 0 Å². The monoisotopic (exact) mass is 233 g/mol. The molecule has 0 atom stereocenters. The van der Waals surface area contributed by atoms with E-state index in [1.807, 2.05) is 0 Å². The van der Waals surface area contributed by atoms with E-state index in [0.717, 1.165) is 0 Å². The first-order chi connectivity index (χ1) is 8.08. The molecular weight excluding hydrogens is 222 g/mol. The standard InChI is InChI=1S/C12H11NO4/c1-2-17-12(16)9(7-13)5-8-3-4-10(14)11(15)6-8/h3-6,14-15H,2H2,1H3/b9-5+. The van der Waals surface area contributed by atoms with Crippen molar-refractivity contribution in [1.29, 1.82) is 5.26 Å². The van der Waals surface area contributed by atoms with Gasteiger partial charge >= 0.3 is 5.97 Å². The number of aromatic hydroxyl groups is 2. The molecule has 2 N–H and O–H groups in total. The highest BCUT2D eigenvalue weighted by molar-refractivity contribution is 5.97. The highest BCUT2D eigenvalue weighted by atomic mass is 16.5. The van der Waals surface area contributed by atoms with Gasteiger partial charge in [0.1, 0.15) is 11.6 Å².